The molecule has 1 aromatic rings. The number of carboxylic acids is 1. The van der Waals surface area contributed by atoms with Crippen LogP contribution in [0.2, 0.25) is 0 Å². The number of aliphatic carboxylic acids is 1. The van der Waals surface area contributed by atoms with Gasteiger partial charge in [-0.25, -0.2) is 9.89 Å². The van der Waals surface area contributed by atoms with E-state index in [0.29, 0.717) is 5.16 Å². The molecule has 2 rings (SSSR count). The van der Waals surface area contributed by atoms with E-state index in [1.807, 2.05) is 0 Å². The Hall–Kier alpha value is -1.28. The topological polar surface area (TPSA) is 97.2 Å². The van der Waals surface area contributed by atoms with Crippen LogP contribution in [0.1, 0.15) is 18.9 Å². The number of hydrogen-bond donors (Lipinski definition) is 2. The maximum atomic E-state index is 11.6. The average Bonchev–Trinajstić information content (AvgIpc) is 2.57. The monoisotopic (exact) mass is 259 g/mol. The van der Waals surface area contributed by atoms with Crippen LogP contribution in [-0.4, -0.2) is 44.8 Å². The fraction of sp³-hybridized carbons (Fsp3) is 0.667. The maximum Gasteiger partial charge on any atom is 0.344 e. The van der Waals surface area contributed by atoms with Crippen molar-refractivity contribution in [3.8, 4) is 0 Å². The van der Waals surface area contributed by atoms with Gasteiger partial charge in [0.1, 0.15) is 0 Å². The minimum absolute atomic E-state index is 0.0579. The van der Waals surface area contributed by atoms with Gasteiger partial charge >= 0.3 is 11.7 Å². The molecule has 0 bridgehead atoms. The fourth-order valence-electron chi connectivity index (χ4n) is 1.78. The van der Waals surface area contributed by atoms with Gasteiger partial charge in [-0.3, -0.25) is 9.36 Å². The van der Waals surface area contributed by atoms with Gasteiger partial charge in [-0.2, -0.15) is 0 Å². The van der Waals surface area contributed by atoms with E-state index >= 15 is 0 Å². The highest BCUT2D eigenvalue weighted by molar-refractivity contribution is 7.99. The first kappa shape index (κ1) is 12.2. The number of aromatic nitrogens is 3. The number of H-pyrrole nitrogens is 1. The van der Waals surface area contributed by atoms with Gasteiger partial charge < -0.3 is 9.84 Å². The first-order valence-electron chi connectivity index (χ1n) is 5.16. The van der Waals surface area contributed by atoms with Crippen molar-refractivity contribution in [1.29, 1.82) is 0 Å². The Labute approximate surface area is 101 Å². The molecule has 1 aromatic heterocycles. The fourth-order valence-corrected chi connectivity index (χ4v) is 2.52. The van der Waals surface area contributed by atoms with E-state index in [4.69, 9.17) is 9.84 Å². The van der Waals surface area contributed by atoms with Crippen LogP contribution in [0.15, 0.2) is 9.95 Å². The van der Waals surface area contributed by atoms with Gasteiger partial charge in [0.25, 0.3) is 0 Å². The quantitative estimate of drug-likeness (QED) is 0.728. The third-order valence-corrected chi connectivity index (χ3v) is 3.70. The molecule has 94 valence electrons. The Kier molecular flexibility index (Phi) is 3.53. The second kappa shape index (κ2) is 4.92. The Morgan fingerprint density at radius 3 is 3.00 bits per heavy atom. The molecule has 8 heteroatoms. The molecule has 0 atom stereocenters. The van der Waals surface area contributed by atoms with E-state index in [0.717, 1.165) is 24.6 Å². The number of aromatic amines is 1. The van der Waals surface area contributed by atoms with Crippen LogP contribution in [0.3, 0.4) is 0 Å². The minimum atomic E-state index is -0.930. The molecule has 0 aliphatic heterocycles. The number of carbonyl (C=O) groups is 1. The van der Waals surface area contributed by atoms with Crippen molar-refractivity contribution < 1.29 is 14.6 Å². The zero-order valence-corrected chi connectivity index (χ0v) is 10.1. The molecule has 0 aromatic carbocycles. The molecule has 1 heterocycles. The van der Waals surface area contributed by atoms with Crippen LogP contribution < -0.4 is 5.69 Å². The summed E-state index contributed by atoms with van der Waals surface area (Å²) in [6, 6.07) is 0.0579. The molecule has 0 unspecified atom stereocenters. The molecule has 1 fully saturated rings. The summed E-state index contributed by atoms with van der Waals surface area (Å²) in [5, 5.41) is 15.2. The lowest BCUT2D eigenvalue weighted by molar-refractivity contribution is -0.133. The zero-order valence-electron chi connectivity index (χ0n) is 9.25. The van der Waals surface area contributed by atoms with Gasteiger partial charge in [0, 0.05) is 13.2 Å². The van der Waals surface area contributed by atoms with Crippen molar-refractivity contribution in [3.63, 3.8) is 0 Å². The molecule has 0 saturated heterocycles. The lowest BCUT2D eigenvalue weighted by atomic mass is 9.89. The molecule has 2 N–H and O–H groups in total. The number of thioether (sulfide) groups is 1. The summed E-state index contributed by atoms with van der Waals surface area (Å²) in [5.74, 6) is -1.04. The Morgan fingerprint density at radius 2 is 2.41 bits per heavy atom. The van der Waals surface area contributed by atoms with Crippen molar-refractivity contribution in [3.05, 3.63) is 10.5 Å². The zero-order chi connectivity index (χ0) is 12.4. The molecule has 1 saturated carbocycles. The van der Waals surface area contributed by atoms with E-state index in [1.54, 1.807) is 7.11 Å². The Balaban J connectivity index is 2.08. The summed E-state index contributed by atoms with van der Waals surface area (Å²) in [6.45, 7) is 0. The largest absolute Gasteiger partial charge is 0.481 e. The summed E-state index contributed by atoms with van der Waals surface area (Å²) in [6.07, 6.45) is 1.70. The first-order chi connectivity index (χ1) is 8.11. The van der Waals surface area contributed by atoms with Gasteiger partial charge in [0.15, 0.2) is 5.16 Å². The third-order valence-electron chi connectivity index (χ3n) is 2.77. The third kappa shape index (κ3) is 2.52. The van der Waals surface area contributed by atoms with Crippen molar-refractivity contribution in [2.45, 2.75) is 30.1 Å². The maximum absolute atomic E-state index is 11.6. The highest BCUT2D eigenvalue weighted by Crippen LogP contribution is 2.35. The van der Waals surface area contributed by atoms with Gasteiger partial charge in [0.2, 0.25) is 0 Å². The predicted octanol–water partition coefficient (Wildman–Crippen LogP) is 0.0980. The summed E-state index contributed by atoms with van der Waals surface area (Å²) < 4.78 is 6.66. The minimum Gasteiger partial charge on any atom is -0.481 e. The standard InChI is InChI=1S/C9H13N3O4S/c1-16-6-2-5(3-6)12-8(15)10-11-9(12)17-4-7(13)14/h5-6H,2-4H2,1H3,(H,10,15)(H,13,14). The van der Waals surface area contributed by atoms with E-state index in [1.165, 1.54) is 4.57 Å². The number of rotatable bonds is 5. The van der Waals surface area contributed by atoms with Crippen LogP contribution in [0.25, 0.3) is 0 Å². The number of methoxy groups -OCH3 is 1. The molecule has 17 heavy (non-hydrogen) atoms. The summed E-state index contributed by atoms with van der Waals surface area (Å²) >= 11 is 1.04. The molecule has 1 aliphatic rings. The normalized spacial score (nSPS) is 23.4. The van der Waals surface area contributed by atoms with Crippen LogP contribution >= 0.6 is 11.8 Å². The number of carboxylic acid groups (broad SMARTS) is 1. The van der Waals surface area contributed by atoms with Crippen LogP contribution in [0, 0.1) is 0 Å². The van der Waals surface area contributed by atoms with Gasteiger partial charge in [0.05, 0.1) is 11.9 Å². The van der Waals surface area contributed by atoms with E-state index in [9.17, 15) is 9.59 Å². The first-order valence-corrected chi connectivity index (χ1v) is 6.14. The predicted molar refractivity (Wildman–Crippen MR) is 60.3 cm³/mol. The van der Waals surface area contributed by atoms with E-state index in [2.05, 4.69) is 10.2 Å². The van der Waals surface area contributed by atoms with Crippen LogP contribution in [0.4, 0.5) is 0 Å². The van der Waals surface area contributed by atoms with Crippen molar-refractivity contribution >= 4 is 17.7 Å². The van der Waals surface area contributed by atoms with Gasteiger partial charge in [-0.15, -0.1) is 5.10 Å². The number of hydrogen-bond acceptors (Lipinski definition) is 5. The highest BCUT2D eigenvalue weighted by atomic mass is 32.2. The molecule has 0 amide bonds. The van der Waals surface area contributed by atoms with Gasteiger partial charge in [-0.1, -0.05) is 11.8 Å². The Morgan fingerprint density at radius 1 is 1.71 bits per heavy atom. The number of nitrogens with one attached hydrogen (secondary N) is 1. The average molecular weight is 259 g/mol. The SMILES string of the molecule is COC1CC(n2c(SCC(=O)O)n[nH]c2=O)C1. The lowest BCUT2D eigenvalue weighted by Crippen LogP contribution is -2.37. The summed E-state index contributed by atoms with van der Waals surface area (Å²) in [7, 11) is 1.64. The summed E-state index contributed by atoms with van der Waals surface area (Å²) in [4.78, 5) is 22.0. The second-order valence-corrected chi connectivity index (χ2v) is 4.79. The van der Waals surface area contributed by atoms with Crippen LogP contribution in [-0.2, 0) is 9.53 Å². The lowest BCUT2D eigenvalue weighted by Gasteiger charge is -2.34. The van der Waals surface area contributed by atoms with E-state index in [-0.39, 0.29) is 23.6 Å². The van der Waals surface area contributed by atoms with Gasteiger partial charge in [-0.05, 0) is 12.8 Å². The smallest absolute Gasteiger partial charge is 0.344 e. The molecule has 0 radical (unpaired) electrons. The second-order valence-electron chi connectivity index (χ2n) is 3.85. The molecule has 0 spiro atoms. The number of ether oxygens (including phenoxy) is 1. The van der Waals surface area contributed by atoms with E-state index < -0.39 is 5.97 Å². The highest BCUT2D eigenvalue weighted by Gasteiger charge is 2.33. The Bertz CT molecular complexity index is 463. The molecular weight excluding hydrogens is 246 g/mol. The number of nitrogens with zero attached hydrogens (tertiary/aromatic N) is 2. The molecule has 7 nitrogen and oxygen atoms in total. The molecule has 1 aliphatic carbocycles. The van der Waals surface area contributed by atoms with Crippen LogP contribution in [0.5, 0.6) is 0 Å². The van der Waals surface area contributed by atoms with Crippen molar-refractivity contribution in [2.75, 3.05) is 12.9 Å². The van der Waals surface area contributed by atoms with Crippen molar-refractivity contribution in [1.82, 2.24) is 14.8 Å². The molecular formula is C9H13N3O4S. The van der Waals surface area contributed by atoms with Crippen molar-refractivity contribution in [2.24, 2.45) is 0 Å². The summed E-state index contributed by atoms with van der Waals surface area (Å²) in [5.41, 5.74) is -0.294.